The van der Waals surface area contributed by atoms with Crippen molar-refractivity contribution in [2.45, 2.75) is 53.4 Å². The Morgan fingerprint density at radius 1 is 1.06 bits per heavy atom. The monoisotopic (exact) mass is 211 g/mol. The molecular formula is C14H22LiN. The minimum absolute atomic E-state index is 0. The summed E-state index contributed by atoms with van der Waals surface area (Å²) in [6.45, 7) is 8.56. The van der Waals surface area contributed by atoms with Crippen molar-refractivity contribution >= 4 is 5.69 Å². The predicted molar refractivity (Wildman–Crippen MR) is 67.9 cm³/mol. The topological polar surface area (TPSA) is 23.8 Å². The molecule has 0 aliphatic heterocycles. The largest absolute Gasteiger partial charge is 1.00 e. The van der Waals surface area contributed by atoms with Gasteiger partial charge in [-0.1, -0.05) is 43.9 Å². The van der Waals surface area contributed by atoms with Gasteiger partial charge in [0.05, 0.1) is 0 Å². The molecule has 2 heteroatoms. The third-order valence-corrected chi connectivity index (χ3v) is 3.07. The minimum atomic E-state index is 0. The van der Waals surface area contributed by atoms with Crippen LogP contribution >= 0.6 is 0 Å². The Hall–Kier alpha value is -0.383. The molecule has 0 aliphatic rings. The van der Waals surface area contributed by atoms with Crippen LogP contribution in [0, 0.1) is 13.8 Å². The molecule has 1 rings (SSSR count). The third kappa shape index (κ3) is 3.30. The number of nitrogens with one attached hydrogen (secondary N) is 1. The molecule has 84 valence electrons. The van der Waals surface area contributed by atoms with E-state index in [1.165, 1.54) is 23.1 Å². The summed E-state index contributed by atoms with van der Waals surface area (Å²) < 4.78 is 0. The first kappa shape index (κ1) is 15.6. The number of rotatable bonds is 4. The average Bonchev–Trinajstić information content (AvgIpc) is 2.21. The summed E-state index contributed by atoms with van der Waals surface area (Å²) in [5, 5.41) is 0. The molecule has 0 spiro atoms. The van der Waals surface area contributed by atoms with Crippen LogP contribution in [0.1, 0.15) is 48.9 Å². The molecule has 0 aliphatic carbocycles. The second kappa shape index (κ2) is 7.04. The van der Waals surface area contributed by atoms with Crippen LogP contribution in [0.2, 0.25) is 0 Å². The Morgan fingerprint density at radius 3 is 2.12 bits per heavy atom. The first-order chi connectivity index (χ1) is 7.11. The van der Waals surface area contributed by atoms with Gasteiger partial charge in [-0.25, -0.2) is 0 Å². The normalized spacial score (nSPS) is 10.0. The molecule has 1 aromatic rings. The van der Waals surface area contributed by atoms with E-state index in [0.29, 0.717) is 0 Å². The molecule has 0 aromatic heterocycles. The first-order valence-electron chi connectivity index (χ1n) is 5.95. The Balaban J connectivity index is 0.00000225. The Morgan fingerprint density at radius 2 is 1.62 bits per heavy atom. The molecule has 1 N–H and O–H groups in total. The average molecular weight is 211 g/mol. The zero-order valence-corrected chi connectivity index (χ0v) is 11.4. The summed E-state index contributed by atoms with van der Waals surface area (Å²) in [4.78, 5) is 0. The quantitative estimate of drug-likeness (QED) is 0.679. The van der Waals surface area contributed by atoms with Gasteiger partial charge in [0.25, 0.3) is 0 Å². The van der Waals surface area contributed by atoms with Crippen LogP contribution in [0.4, 0.5) is 5.69 Å². The Bertz CT molecular complexity index is 345. The van der Waals surface area contributed by atoms with E-state index in [9.17, 15) is 0 Å². The molecule has 0 saturated carbocycles. The maximum absolute atomic E-state index is 8.16. The molecule has 0 atom stereocenters. The van der Waals surface area contributed by atoms with Gasteiger partial charge < -0.3 is 5.73 Å². The molecule has 1 nitrogen and oxygen atoms in total. The van der Waals surface area contributed by atoms with Crippen LogP contribution in [-0.2, 0) is 12.8 Å². The number of benzene rings is 1. The van der Waals surface area contributed by atoms with Crippen molar-refractivity contribution in [1.82, 2.24) is 0 Å². The van der Waals surface area contributed by atoms with Crippen molar-refractivity contribution < 1.29 is 18.9 Å². The van der Waals surface area contributed by atoms with Gasteiger partial charge in [-0.3, -0.25) is 0 Å². The van der Waals surface area contributed by atoms with Crippen molar-refractivity contribution in [3.05, 3.63) is 34.1 Å². The molecule has 1 aromatic carbocycles. The van der Waals surface area contributed by atoms with Crippen molar-refractivity contribution in [2.24, 2.45) is 0 Å². The molecule has 0 amide bonds. The maximum atomic E-state index is 8.16. The van der Waals surface area contributed by atoms with E-state index < -0.39 is 0 Å². The fourth-order valence-corrected chi connectivity index (χ4v) is 2.07. The van der Waals surface area contributed by atoms with Crippen LogP contribution in [0.25, 0.3) is 5.73 Å². The summed E-state index contributed by atoms with van der Waals surface area (Å²) in [5.41, 5.74) is 14.0. The first-order valence-corrected chi connectivity index (χ1v) is 5.95. The van der Waals surface area contributed by atoms with Crippen LogP contribution in [0.15, 0.2) is 6.07 Å². The van der Waals surface area contributed by atoms with Gasteiger partial charge in [-0.2, -0.15) is 0 Å². The number of hydrogen-bond acceptors (Lipinski definition) is 0. The molecule has 0 bridgehead atoms. The van der Waals surface area contributed by atoms with Gasteiger partial charge >= 0.3 is 18.9 Å². The Kier molecular flexibility index (Phi) is 6.87. The van der Waals surface area contributed by atoms with Gasteiger partial charge in [-0.15, -0.1) is 5.69 Å². The fraction of sp³-hybridized carbons (Fsp3) is 0.571. The van der Waals surface area contributed by atoms with E-state index in [0.717, 1.165) is 30.5 Å². The zero-order valence-electron chi connectivity index (χ0n) is 11.4. The van der Waals surface area contributed by atoms with Crippen molar-refractivity contribution in [3.8, 4) is 0 Å². The SMILES string of the molecule is CCCc1cc(C)c(C)c([NH-])c1CCC.[Li+]. The summed E-state index contributed by atoms with van der Waals surface area (Å²) in [6, 6.07) is 2.28. The third-order valence-electron chi connectivity index (χ3n) is 3.07. The van der Waals surface area contributed by atoms with Gasteiger partial charge in [0, 0.05) is 0 Å². The van der Waals surface area contributed by atoms with Crippen molar-refractivity contribution in [1.29, 1.82) is 0 Å². The predicted octanol–water partition coefficient (Wildman–Crippen LogP) is 1.90. The van der Waals surface area contributed by atoms with Gasteiger partial charge in [0.1, 0.15) is 0 Å². The second-order valence-electron chi connectivity index (χ2n) is 4.33. The van der Waals surface area contributed by atoms with E-state index in [2.05, 4.69) is 33.8 Å². The van der Waals surface area contributed by atoms with E-state index in [-0.39, 0.29) is 18.9 Å². The summed E-state index contributed by atoms with van der Waals surface area (Å²) >= 11 is 0. The van der Waals surface area contributed by atoms with E-state index in [1.807, 2.05) is 0 Å². The van der Waals surface area contributed by atoms with Crippen LogP contribution < -0.4 is 18.9 Å². The van der Waals surface area contributed by atoms with E-state index >= 15 is 0 Å². The van der Waals surface area contributed by atoms with E-state index in [1.54, 1.807) is 0 Å². The maximum Gasteiger partial charge on any atom is 1.00 e. The van der Waals surface area contributed by atoms with Gasteiger partial charge in [-0.05, 0) is 37.8 Å². The number of aryl methyl sites for hydroxylation is 2. The molecular weight excluding hydrogens is 189 g/mol. The van der Waals surface area contributed by atoms with E-state index in [4.69, 9.17) is 5.73 Å². The smallest absolute Gasteiger partial charge is 0.698 e. The van der Waals surface area contributed by atoms with Gasteiger partial charge in [0.2, 0.25) is 0 Å². The van der Waals surface area contributed by atoms with Crippen molar-refractivity contribution in [2.75, 3.05) is 0 Å². The fourth-order valence-electron chi connectivity index (χ4n) is 2.07. The molecule has 0 fully saturated rings. The Labute approximate surface area is 112 Å². The molecule has 0 saturated heterocycles. The van der Waals surface area contributed by atoms with Gasteiger partial charge in [0.15, 0.2) is 0 Å². The minimum Gasteiger partial charge on any atom is -0.698 e. The zero-order chi connectivity index (χ0) is 11.4. The summed E-state index contributed by atoms with van der Waals surface area (Å²) in [6.07, 6.45) is 4.46. The second-order valence-corrected chi connectivity index (χ2v) is 4.33. The molecule has 0 radical (unpaired) electrons. The molecule has 0 heterocycles. The number of hydrogen-bond donors (Lipinski definition) is 0. The standard InChI is InChI=1S/C14H22N.Li/c1-5-7-12-9-10(3)11(4)14(15)13(12)8-6-2;/h9,15H,5-8H2,1-4H3;/q-1;+1. The summed E-state index contributed by atoms with van der Waals surface area (Å²) in [5.74, 6) is 0. The molecule has 0 unspecified atom stereocenters. The van der Waals surface area contributed by atoms with Crippen LogP contribution in [0.5, 0.6) is 0 Å². The van der Waals surface area contributed by atoms with Crippen LogP contribution in [-0.4, -0.2) is 0 Å². The van der Waals surface area contributed by atoms with Crippen molar-refractivity contribution in [3.63, 3.8) is 0 Å². The van der Waals surface area contributed by atoms with Crippen LogP contribution in [0.3, 0.4) is 0 Å². The summed E-state index contributed by atoms with van der Waals surface area (Å²) in [7, 11) is 0. The molecule has 16 heavy (non-hydrogen) atoms.